The Morgan fingerprint density at radius 2 is 2.06 bits per heavy atom. The lowest BCUT2D eigenvalue weighted by molar-refractivity contribution is 0.234. The first-order valence-corrected chi connectivity index (χ1v) is 7.42. The van der Waals surface area contributed by atoms with E-state index in [1.165, 1.54) is 47.8 Å². The van der Waals surface area contributed by atoms with Crippen molar-refractivity contribution in [3.05, 3.63) is 21.4 Å². The summed E-state index contributed by atoms with van der Waals surface area (Å²) in [5, 5.41) is 3.43. The lowest BCUT2D eigenvalue weighted by atomic mass is 9.97. The summed E-state index contributed by atoms with van der Waals surface area (Å²) in [4.78, 5) is 5.41. The Bertz CT molecular complexity index is 353. The van der Waals surface area contributed by atoms with E-state index in [1.807, 2.05) is 11.3 Å². The molecule has 0 bridgehead atoms. The van der Waals surface area contributed by atoms with Gasteiger partial charge in [0.25, 0.3) is 0 Å². The highest BCUT2D eigenvalue weighted by Crippen LogP contribution is 2.22. The molecule has 2 nitrogen and oxygen atoms in total. The van der Waals surface area contributed by atoms with Crippen molar-refractivity contribution in [2.24, 2.45) is 5.92 Å². The molecular formula is C14H24N2S. The molecule has 1 saturated heterocycles. The molecule has 0 radical (unpaired) electrons. The molecule has 0 atom stereocenters. The summed E-state index contributed by atoms with van der Waals surface area (Å²) in [6.07, 6.45) is 2.68. The van der Waals surface area contributed by atoms with Gasteiger partial charge < -0.3 is 10.2 Å². The minimum Gasteiger partial charge on any atom is -0.317 e. The molecule has 17 heavy (non-hydrogen) atoms. The highest BCUT2D eigenvalue weighted by molar-refractivity contribution is 7.12. The van der Waals surface area contributed by atoms with Gasteiger partial charge in [-0.3, -0.25) is 0 Å². The molecule has 1 aliphatic heterocycles. The summed E-state index contributed by atoms with van der Waals surface area (Å²) in [5.41, 5.74) is 1.52. The number of thiophene rings is 1. The molecule has 1 fully saturated rings. The highest BCUT2D eigenvalue weighted by Gasteiger charge is 2.15. The van der Waals surface area contributed by atoms with E-state index in [2.05, 4.69) is 37.2 Å². The standard InChI is InChI=1S/C14H24N2S/c1-11-8-14(12(2)17-11)10-16(3)9-13-4-6-15-7-5-13/h8,13,15H,4-7,9-10H2,1-3H3. The number of hydrogen-bond donors (Lipinski definition) is 1. The van der Waals surface area contributed by atoms with Crippen LogP contribution >= 0.6 is 11.3 Å². The summed E-state index contributed by atoms with van der Waals surface area (Å²) in [6.45, 7) is 9.21. The Labute approximate surface area is 109 Å². The van der Waals surface area contributed by atoms with Gasteiger partial charge in [0, 0.05) is 22.8 Å². The number of piperidine rings is 1. The van der Waals surface area contributed by atoms with Crippen LogP contribution in [0.4, 0.5) is 0 Å². The zero-order valence-electron chi connectivity index (χ0n) is 11.3. The molecule has 0 unspecified atom stereocenters. The molecule has 1 aliphatic rings. The van der Waals surface area contributed by atoms with Crippen LogP contribution in [0, 0.1) is 19.8 Å². The van der Waals surface area contributed by atoms with Gasteiger partial charge >= 0.3 is 0 Å². The summed E-state index contributed by atoms with van der Waals surface area (Å²) < 4.78 is 0. The first kappa shape index (κ1) is 13.1. The van der Waals surface area contributed by atoms with E-state index in [1.54, 1.807) is 0 Å². The molecule has 2 rings (SSSR count). The molecular weight excluding hydrogens is 228 g/mol. The second kappa shape index (κ2) is 5.98. The zero-order chi connectivity index (χ0) is 12.3. The third kappa shape index (κ3) is 3.80. The van der Waals surface area contributed by atoms with Crippen molar-refractivity contribution in [3.63, 3.8) is 0 Å². The molecule has 0 aliphatic carbocycles. The van der Waals surface area contributed by atoms with Gasteiger partial charge in [-0.15, -0.1) is 11.3 Å². The molecule has 0 aromatic carbocycles. The van der Waals surface area contributed by atoms with Crippen LogP contribution in [0.25, 0.3) is 0 Å². The normalized spacial score (nSPS) is 17.9. The molecule has 1 aromatic rings. The van der Waals surface area contributed by atoms with Gasteiger partial charge in [-0.2, -0.15) is 0 Å². The van der Waals surface area contributed by atoms with Gasteiger partial charge in [0.2, 0.25) is 0 Å². The Morgan fingerprint density at radius 1 is 1.35 bits per heavy atom. The van der Waals surface area contributed by atoms with Gasteiger partial charge in [-0.1, -0.05) is 0 Å². The molecule has 3 heteroatoms. The third-order valence-electron chi connectivity index (χ3n) is 3.61. The summed E-state index contributed by atoms with van der Waals surface area (Å²) >= 11 is 1.92. The van der Waals surface area contributed by atoms with Crippen LogP contribution < -0.4 is 5.32 Å². The first-order chi connectivity index (χ1) is 8.15. The number of nitrogens with one attached hydrogen (secondary N) is 1. The Hall–Kier alpha value is -0.380. The van der Waals surface area contributed by atoms with E-state index in [-0.39, 0.29) is 0 Å². The molecule has 1 aromatic heterocycles. The number of aryl methyl sites for hydroxylation is 2. The molecule has 0 spiro atoms. The van der Waals surface area contributed by atoms with Crippen LogP contribution in [0.1, 0.15) is 28.2 Å². The van der Waals surface area contributed by atoms with Crippen molar-refractivity contribution in [2.45, 2.75) is 33.2 Å². The van der Waals surface area contributed by atoms with Crippen LogP contribution in [0.15, 0.2) is 6.07 Å². The van der Waals surface area contributed by atoms with Crippen molar-refractivity contribution in [1.29, 1.82) is 0 Å². The maximum atomic E-state index is 3.43. The van der Waals surface area contributed by atoms with Gasteiger partial charge in [-0.05, 0) is 64.4 Å². The smallest absolute Gasteiger partial charge is 0.0241 e. The third-order valence-corrected chi connectivity index (χ3v) is 4.62. The summed E-state index contributed by atoms with van der Waals surface area (Å²) in [5.74, 6) is 0.890. The van der Waals surface area contributed by atoms with Gasteiger partial charge in [-0.25, -0.2) is 0 Å². The van der Waals surface area contributed by atoms with Crippen LogP contribution in [0.5, 0.6) is 0 Å². The second-order valence-corrected chi connectivity index (χ2v) is 6.79. The Balaban J connectivity index is 1.83. The molecule has 96 valence electrons. The molecule has 2 heterocycles. The molecule has 1 N–H and O–H groups in total. The van der Waals surface area contributed by atoms with Crippen molar-refractivity contribution >= 4 is 11.3 Å². The topological polar surface area (TPSA) is 15.3 Å². The van der Waals surface area contributed by atoms with E-state index in [0.717, 1.165) is 12.5 Å². The van der Waals surface area contributed by atoms with Crippen molar-refractivity contribution < 1.29 is 0 Å². The largest absolute Gasteiger partial charge is 0.317 e. The van der Waals surface area contributed by atoms with Crippen molar-refractivity contribution in [3.8, 4) is 0 Å². The monoisotopic (exact) mass is 252 g/mol. The Morgan fingerprint density at radius 3 is 2.65 bits per heavy atom. The van der Waals surface area contributed by atoms with Crippen molar-refractivity contribution in [1.82, 2.24) is 10.2 Å². The average Bonchev–Trinajstić information content (AvgIpc) is 2.58. The van der Waals surface area contributed by atoms with E-state index in [9.17, 15) is 0 Å². The lowest BCUT2D eigenvalue weighted by Gasteiger charge is -2.27. The average molecular weight is 252 g/mol. The number of nitrogens with zero attached hydrogens (tertiary/aromatic N) is 1. The van der Waals surface area contributed by atoms with Crippen LogP contribution in [0.2, 0.25) is 0 Å². The maximum Gasteiger partial charge on any atom is 0.0241 e. The number of rotatable bonds is 4. The lowest BCUT2D eigenvalue weighted by Crippen LogP contribution is -2.34. The fourth-order valence-corrected chi connectivity index (χ4v) is 3.64. The van der Waals surface area contributed by atoms with Crippen LogP contribution in [-0.2, 0) is 6.54 Å². The SMILES string of the molecule is Cc1cc(CN(C)CC2CCNCC2)c(C)s1. The van der Waals surface area contributed by atoms with E-state index in [4.69, 9.17) is 0 Å². The predicted octanol–water partition coefficient (Wildman–Crippen LogP) is 2.80. The highest BCUT2D eigenvalue weighted by atomic mass is 32.1. The first-order valence-electron chi connectivity index (χ1n) is 6.60. The van der Waals surface area contributed by atoms with Gasteiger partial charge in [0.15, 0.2) is 0 Å². The Kier molecular flexibility index (Phi) is 4.60. The van der Waals surface area contributed by atoms with Crippen LogP contribution in [-0.4, -0.2) is 31.6 Å². The second-order valence-electron chi connectivity index (χ2n) is 5.33. The van der Waals surface area contributed by atoms with E-state index in [0.29, 0.717) is 0 Å². The summed E-state index contributed by atoms with van der Waals surface area (Å²) in [6, 6.07) is 2.35. The predicted molar refractivity (Wildman–Crippen MR) is 75.7 cm³/mol. The van der Waals surface area contributed by atoms with Crippen LogP contribution in [0.3, 0.4) is 0 Å². The van der Waals surface area contributed by atoms with Gasteiger partial charge in [0.1, 0.15) is 0 Å². The quantitative estimate of drug-likeness (QED) is 0.886. The van der Waals surface area contributed by atoms with E-state index >= 15 is 0 Å². The maximum absolute atomic E-state index is 3.43. The fraction of sp³-hybridized carbons (Fsp3) is 0.714. The minimum absolute atomic E-state index is 0.890. The number of hydrogen-bond acceptors (Lipinski definition) is 3. The molecule has 0 saturated carbocycles. The summed E-state index contributed by atoms with van der Waals surface area (Å²) in [7, 11) is 2.26. The zero-order valence-corrected chi connectivity index (χ0v) is 12.1. The van der Waals surface area contributed by atoms with Crippen molar-refractivity contribution in [2.75, 3.05) is 26.7 Å². The van der Waals surface area contributed by atoms with E-state index < -0.39 is 0 Å². The fourth-order valence-electron chi connectivity index (χ4n) is 2.70. The molecule has 0 amide bonds. The van der Waals surface area contributed by atoms with Gasteiger partial charge in [0.05, 0.1) is 0 Å². The minimum atomic E-state index is 0.890.